The number of ether oxygens (including phenoxy) is 3. The molecule has 2 aliphatic heterocycles. The summed E-state index contributed by atoms with van der Waals surface area (Å²) in [5, 5.41) is 40.7. The van der Waals surface area contributed by atoms with Crippen LogP contribution in [-0.4, -0.2) is 76.2 Å². The van der Waals surface area contributed by atoms with Crippen LogP contribution in [0.15, 0.2) is 0 Å². The highest BCUT2D eigenvalue weighted by Crippen LogP contribution is 2.30. The van der Waals surface area contributed by atoms with E-state index in [1.807, 2.05) is 6.92 Å². The predicted molar refractivity (Wildman–Crippen MR) is 66.6 cm³/mol. The summed E-state index contributed by atoms with van der Waals surface area (Å²) in [6.45, 7) is 1.36. The van der Waals surface area contributed by atoms with E-state index >= 15 is 0 Å². The summed E-state index contributed by atoms with van der Waals surface area (Å²) in [5.41, 5.74) is 0. The molecule has 9 nitrogen and oxygen atoms in total. The molecule has 0 spiro atoms. The molecule has 2 fully saturated rings. The molecule has 7 atom stereocenters. The van der Waals surface area contributed by atoms with Gasteiger partial charge in [-0.2, -0.15) is 0 Å². The second-order valence-corrected chi connectivity index (χ2v) is 5.07. The maximum atomic E-state index is 11.7. The lowest BCUT2D eigenvalue weighted by molar-refractivity contribution is -0.386. The Morgan fingerprint density at radius 1 is 1.05 bits per heavy atom. The van der Waals surface area contributed by atoms with Crippen molar-refractivity contribution < 1.29 is 39.4 Å². The quantitative estimate of drug-likeness (QED) is 0.381. The van der Waals surface area contributed by atoms with E-state index in [0.717, 1.165) is 0 Å². The highest BCUT2D eigenvalue weighted by Gasteiger charge is 2.52. The van der Waals surface area contributed by atoms with E-state index in [-0.39, 0.29) is 12.3 Å². The molecule has 0 aliphatic carbocycles. The van der Waals surface area contributed by atoms with Gasteiger partial charge in [0.15, 0.2) is 6.29 Å². The first-order valence-corrected chi connectivity index (χ1v) is 6.88. The minimum atomic E-state index is -1.61. The molecular weight excluding hydrogens is 286 g/mol. The van der Waals surface area contributed by atoms with Crippen molar-refractivity contribution in [3.05, 3.63) is 0 Å². The second-order valence-electron chi connectivity index (χ2n) is 5.07. The van der Waals surface area contributed by atoms with Gasteiger partial charge in [0.25, 0.3) is 0 Å². The second kappa shape index (κ2) is 6.97. The summed E-state index contributed by atoms with van der Waals surface area (Å²) in [6, 6.07) is -0.973. The zero-order valence-corrected chi connectivity index (χ0v) is 11.6. The maximum absolute atomic E-state index is 11.7. The van der Waals surface area contributed by atoms with Gasteiger partial charge in [-0.15, -0.1) is 0 Å². The molecule has 2 aliphatic rings. The molecule has 9 heteroatoms. The van der Waals surface area contributed by atoms with Crippen molar-refractivity contribution in [3.63, 3.8) is 0 Å². The third-order valence-electron chi connectivity index (χ3n) is 3.49. The van der Waals surface area contributed by atoms with Gasteiger partial charge >= 0.3 is 0 Å². The molecule has 0 saturated carbocycles. The van der Waals surface area contributed by atoms with Gasteiger partial charge in [0.1, 0.15) is 24.4 Å². The lowest BCUT2D eigenvalue weighted by atomic mass is 9.95. The number of aliphatic hydroxyl groups excluding tert-OH is 4. The van der Waals surface area contributed by atoms with Crippen LogP contribution < -0.4 is 5.32 Å². The first kappa shape index (κ1) is 16.6. The number of nitrogens with one attached hydrogen (secondary N) is 1. The molecule has 2 saturated heterocycles. The summed E-state index contributed by atoms with van der Waals surface area (Å²) < 4.78 is 15.5. The van der Waals surface area contributed by atoms with Crippen LogP contribution in [0.2, 0.25) is 0 Å². The van der Waals surface area contributed by atoms with Gasteiger partial charge in [-0.3, -0.25) is 4.79 Å². The van der Waals surface area contributed by atoms with E-state index in [1.165, 1.54) is 0 Å². The number of amides is 1. The molecule has 21 heavy (non-hydrogen) atoms. The standard InChI is InChI=1S/C12H21NO8/c1-2-3-6(15)13-7-9-8(5(4-14)19-10(7)16)20-11(17)12(18)21-9/h5,7-12,14,16-18H,2-4H2,1H3,(H,13,15)/t5-,7-,8-,9-,10?,11?,12?/m1/s1. The van der Waals surface area contributed by atoms with Crippen LogP contribution in [0.4, 0.5) is 0 Å². The Balaban J connectivity index is 2.14. The van der Waals surface area contributed by atoms with Crippen LogP contribution in [0.3, 0.4) is 0 Å². The van der Waals surface area contributed by atoms with Gasteiger partial charge in [0.2, 0.25) is 18.5 Å². The zero-order valence-electron chi connectivity index (χ0n) is 11.6. The van der Waals surface area contributed by atoms with Crippen molar-refractivity contribution >= 4 is 5.91 Å². The number of rotatable bonds is 4. The Labute approximate surface area is 121 Å². The highest BCUT2D eigenvalue weighted by atomic mass is 16.7. The largest absolute Gasteiger partial charge is 0.394 e. The molecule has 0 aromatic carbocycles. The molecule has 2 heterocycles. The molecule has 0 bridgehead atoms. The Bertz CT molecular complexity index is 367. The third kappa shape index (κ3) is 3.51. The van der Waals surface area contributed by atoms with E-state index < -0.39 is 49.8 Å². The van der Waals surface area contributed by atoms with Crippen LogP contribution in [-0.2, 0) is 19.0 Å². The first-order valence-electron chi connectivity index (χ1n) is 6.88. The van der Waals surface area contributed by atoms with Crippen molar-refractivity contribution in [2.45, 2.75) is 63.0 Å². The topological polar surface area (TPSA) is 138 Å². The van der Waals surface area contributed by atoms with E-state index in [0.29, 0.717) is 6.42 Å². The zero-order chi connectivity index (χ0) is 15.6. The number of aliphatic hydroxyl groups is 4. The van der Waals surface area contributed by atoms with Crippen LogP contribution in [0.5, 0.6) is 0 Å². The van der Waals surface area contributed by atoms with Crippen molar-refractivity contribution in [1.29, 1.82) is 0 Å². The van der Waals surface area contributed by atoms with Gasteiger partial charge in [0.05, 0.1) is 6.61 Å². The molecular formula is C12H21NO8. The van der Waals surface area contributed by atoms with E-state index in [2.05, 4.69) is 5.32 Å². The van der Waals surface area contributed by atoms with Crippen molar-refractivity contribution in [2.24, 2.45) is 0 Å². The molecule has 0 aromatic rings. The summed E-state index contributed by atoms with van der Waals surface area (Å²) in [6.07, 6.45) is -6.55. The fraction of sp³-hybridized carbons (Fsp3) is 0.917. The lowest BCUT2D eigenvalue weighted by Gasteiger charge is -2.48. The number of hydrogen-bond donors (Lipinski definition) is 5. The number of carbonyl (C=O) groups is 1. The van der Waals surface area contributed by atoms with Gasteiger partial charge < -0.3 is 40.0 Å². The molecule has 0 aromatic heterocycles. The summed E-state index contributed by atoms with van der Waals surface area (Å²) in [4.78, 5) is 11.7. The average Bonchev–Trinajstić information content (AvgIpc) is 2.44. The number of carbonyl (C=O) groups excluding carboxylic acids is 1. The molecule has 122 valence electrons. The first-order chi connectivity index (χ1) is 9.97. The van der Waals surface area contributed by atoms with Crippen LogP contribution in [0.25, 0.3) is 0 Å². The Morgan fingerprint density at radius 2 is 1.67 bits per heavy atom. The molecule has 0 radical (unpaired) electrons. The van der Waals surface area contributed by atoms with Gasteiger partial charge in [0, 0.05) is 6.42 Å². The summed E-state index contributed by atoms with van der Waals surface area (Å²) in [5.74, 6) is -0.310. The monoisotopic (exact) mass is 307 g/mol. The van der Waals surface area contributed by atoms with Crippen molar-refractivity contribution in [1.82, 2.24) is 5.32 Å². The summed E-state index contributed by atoms with van der Waals surface area (Å²) in [7, 11) is 0. The van der Waals surface area contributed by atoms with Crippen LogP contribution in [0, 0.1) is 0 Å². The molecule has 3 unspecified atom stereocenters. The van der Waals surface area contributed by atoms with Gasteiger partial charge in [-0.25, -0.2) is 0 Å². The molecule has 5 N–H and O–H groups in total. The van der Waals surface area contributed by atoms with E-state index in [9.17, 15) is 25.2 Å². The number of fused-ring (bicyclic) bond motifs is 1. The lowest BCUT2D eigenvalue weighted by Crippen LogP contribution is -2.69. The Kier molecular flexibility index (Phi) is 5.49. The number of hydrogen-bond acceptors (Lipinski definition) is 8. The maximum Gasteiger partial charge on any atom is 0.220 e. The van der Waals surface area contributed by atoms with Crippen molar-refractivity contribution in [3.8, 4) is 0 Å². The minimum absolute atomic E-state index is 0.260. The predicted octanol–water partition coefficient (Wildman–Crippen LogP) is -2.60. The molecule has 2 rings (SSSR count). The van der Waals surface area contributed by atoms with Gasteiger partial charge in [-0.05, 0) is 6.42 Å². The van der Waals surface area contributed by atoms with E-state index in [1.54, 1.807) is 0 Å². The van der Waals surface area contributed by atoms with Gasteiger partial charge in [-0.1, -0.05) is 6.92 Å². The minimum Gasteiger partial charge on any atom is -0.394 e. The normalized spacial score (nSPS) is 43.2. The van der Waals surface area contributed by atoms with Crippen LogP contribution >= 0.6 is 0 Å². The highest BCUT2D eigenvalue weighted by molar-refractivity contribution is 5.76. The van der Waals surface area contributed by atoms with E-state index in [4.69, 9.17) is 14.2 Å². The summed E-state index contributed by atoms with van der Waals surface area (Å²) >= 11 is 0. The Hall–Kier alpha value is -0.810. The fourth-order valence-corrected chi connectivity index (χ4v) is 2.49. The Morgan fingerprint density at radius 3 is 2.24 bits per heavy atom. The van der Waals surface area contributed by atoms with Crippen LogP contribution in [0.1, 0.15) is 19.8 Å². The fourth-order valence-electron chi connectivity index (χ4n) is 2.49. The third-order valence-corrected chi connectivity index (χ3v) is 3.49. The SMILES string of the molecule is CCCC(=O)N[C@H]1C(O)O[C@H](CO)[C@H]2OC(O)C(O)O[C@@H]21. The smallest absolute Gasteiger partial charge is 0.220 e. The van der Waals surface area contributed by atoms with Crippen molar-refractivity contribution in [2.75, 3.05) is 6.61 Å². The molecule has 1 amide bonds. The average molecular weight is 307 g/mol.